The molecule has 0 bridgehead atoms. The average molecular weight is 278 g/mol. The highest BCUT2D eigenvalue weighted by Gasteiger charge is 2.19. The van der Waals surface area contributed by atoms with E-state index in [-0.39, 0.29) is 24.0 Å². The minimum absolute atomic E-state index is 0.0296. The third-order valence-corrected chi connectivity index (χ3v) is 3.57. The maximum Gasteiger partial charge on any atom is 0.220 e. The number of aliphatic hydroxyl groups excluding tert-OH is 1. The molecule has 0 heterocycles. The van der Waals surface area contributed by atoms with Crippen LogP contribution in [0.5, 0.6) is 0 Å². The maximum absolute atomic E-state index is 12.0. The van der Waals surface area contributed by atoms with Crippen molar-refractivity contribution in [2.24, 2.45) is 11.1 Å². The number of carbonyl (C=O) groups is 1. The largest absolute Gasteiger partial charge is 0.394 e. The first-order valence-electron chi connectivity index (χ1n) is 7.14. The Labute approximate surface area is 121 Å². The summed E-state index contributed by atoms with van der Waals surface area (Å²) in [4.78, 5) is 12.0. The number of aliphatic hydroxyl groups is 1. The molecule has 0 saturated carbocycles. The molecular weight excluding hydrogens is 252 g/mol. The van der Waals surface area contributed by atoms with E-state index >= 15 is 0 Å². The van der Waals surface area contributed by atoms with Crippen molar-refractivity contribution >= 4 is 5.91 Å². The lowest BCUT2D eigenvalue weighted by atomic mass is 9.84. The van der Waals surface area contributed by atoms with Gasteiger partial charge in [-0.1, -0.05) is 44.2 Å². The van der Waals surface area contributed by atoms with Crippen LogP contribution in [0.4, 0.5) is 0 Å². The molecule has 1 amide bonds. The molecule has 4 nitrogen and oxygen atoms in total. The number of nitrogens with two attached hydrogens (primary N) is 1. The molecule has 0 aliphatic heterocycles. The highest BCUT2D eigenvalue weighted by Crippen LogP contribution is 2.26. The number of benzene rings is 1. The Morgan fingerprint density at radius 2 is 1.95 bits per heavy atom. The van der Waals surface area contributed by atoms with Crippen LogP contribution in [0.3, 0.4) is 0 Å². The summed E-state index contributed by atoms with van der Waals surface area (Å²) in [6.07, 6.45) is 2.15. The van der Waals surface area contributed by atoms with Gasteiger partial charge in [0.15, 0.2) is 0 Å². The van der Waals surface area contributed by atoms with E-state index in [9.17, 15) is 9.90 Å². The Morgan fingerprint density at radius 3 is 2.50 bits per heavy atom. The molecule has 0 saturated heterocycles. The van der Waals surface area contributed by atoms with Gasteiger partial charge < -0.3 is 16.2 Å². The fourth-order valence-corrected chi connectivity index (χ4v) is 2.15. The van der Waals surface area contributed by atoms with E-state index in [0.29, 0.717) is 13.0 Å². The molecule has 0 aromatic heterocycles. The van der Waals surface area contributed by atoms with Crippen LogP contribution < -0.4 is 11.1 Å². The van der Waals surface area contributed by atoms with Crippen molar-refractivity contribution in [2.45, 2.75) is 39.2 Å². The van der Waals surface area contributed by atoms with Gasteiger partial charge in [0.05, 0.1) is 12.6 Å². The summed E-state index contributed by atoms with van der Waals surface area (Å²) in [7, 11) is 0. The Hall–Kier alpha value is -1.39. The predicted octanol–water partition coefficient (Wildman–Crippen LogP) is 1.99. The molecule has 1 aromatic carbocycles. The molecule has 0 aliphatic carbocycles. The first-order valence-corrected chi connectivity index (χ1v) is 7.14. The van der Waals surface area contributed by atoms with Crippen LogP contribution in [-0.4, -0.2) is 24.2 Å². The minimum atomic E-state index is -0.332. The first kappa shape index (κ1) is 16.7. The van der Waals surface area contributed by atoms with Gasteiger partial charge in [0.25, 0.3) is 0 Å². The van der Waals surface area contributed by atoms with Gasteiger partial charge in [0.2, 0.25) is 5.91 Å². The van der Waals surface area contributed by atoms with E-state index < -0.39 is 0 Å². The van der Waals surface area contributed by atoms with Crippen molar-refractivity contribution in [3.8, 4) is 0 Å². The second kappa shape index (κ2) is 8.02. The lowest BCUT2D eigenvalue weighted by Gasteiger charge is -2.24. The van der Waals surface area contributed by atoms with E-state index in [0.717, 1.165) is 18.4 Å². The summed E-state index contributed by atoms with van der Waals surface area (Å²) in [5, 5.41) is 12.3. The van der Waals surface area contributed by atoms with Crippen molar-refractivity contribution in [2.75, 3.05) is 13.2 Å². The first-order chi connectivity index (χ1) is 9.48. The fraction of sp³-hybridized carbons (Fsp3) is 0.562. The van der Waals surface area contributed by atoms with Crippen molar-refractivity contribution < 1.29 is 9.90 Å². The van der Waals surface area contributed by atoms with Gasteiger partial charge in [0.1, 0.15) is 0 Å². The second-order valence-electron chi connectivity index (χ2n) is 5.92. The zero-order valence-electron chi connectivity index (χ0n) is 12.4. The standard InChI is InChI=1S/C16H26N2O2/c1-16(2,10-11-17)9-8-15(20)18-14(12-19)13-6-4-3-5-7-13/h3-7,14,19H,8-12,17H2,1-2H3,(H,18,20)/t14-/m0/s1. The molecule has 0 radical (unpaired) electrons. The van der Waals surface area contributed by atoms with Crippen molar-refractivity contribution in [1.82, 2.24) is 5.32 Å². The zero-order chi connectivity index (χ0) is 15.0. The summed E-state index contributed by atoms with van der Waals surface area (Å²) >= 11 is 0. The molecule has 0 unspecified atom stereocenters. The molecule has 4 N–H and O–H groups in total. The molecule has 20 heavy (non-hydrogen) atoms. The van der Waals surface area contributed by atoms with Gasteiger partial charge in [-0.3, -0.25) is 4.79 Å². The predicted molar refractivity (Wildman–Crippen MR) is 81.1 cm³/mol. The summed E-state index contributed by atoms with van der Waals surface area (Å²) in [5.74, 6) is -0.0296. The lowest BCUT2D eigenvalue weighted by Crippen LogP contribution is -2.31. The minimum Gasteiger partial charge on any atom is -0.394 e. The van der Waals surface area contributed by atoms with E-state index in [1.807, 2.05) is 30.3 Å². The Balaban J connectivity index is 2.48. The van der Waals surface area contributed by atoms with Crippen molar-refractivity contribution in [3.63, 3.8) is 0 Å². The number of amides is 1. The molecule has 112 valence electrons. The normalized spacial score (nSPS) is 13.0. The third-order valence-electron chi connectivity index (χ3n) is 3.57. The molecule has 1 aromatic rings. The van der Waals surface area contributed by atoms with Crippen LogP contribution in [-0.2, 0) is 4.79 Å². The third kappa shape index (κ3) is 5.72. The summed E-state index contributed by atoms with van der Waals surface area (Å²) in [6, 6.07) is 9.18. The van der Waals surface area contributed by atoms with E-state index in [2.05, 4.69) is 19.2 Å². The average Bonchev–Trinajstić information content (AvgIpc) is 2.43. The number of rotatable bonds is 8. The quantitative estimate of drug-likeness (QED) is 0.680. The Kier molecular flexibility index (Phi) is 6.68. The molecule has 1 rings (SSSR count). The number of carbonyl (C=O) groups excluding carboxylic acids is 1. The summed E-state index contributed by atoms with van der Waals surface area (Å²) in [6.45, 7) is 4.78. The van der Waals surface area contributed by atoms with Gasteiger partial charge >= 0.3 is 0 Å². The highest BCUT2D eigenvalue weighted by atomic mass is 16.3. The fourth-order valence-electron chi connectivity index (χ4n) is 2.15. The van der Waals surface area contributed by atoms with Crippen LogP contribution in [0.2, 0.25) is 0 Å². The van der Waals surface area contributed by atoms with Crippen LogP contribution in [0, 0.1) is 5.41 Å². The van der Waals surface area contributed by atoms with Gasteiger partial charge in [-0.2, -0.15) is 0 Å². The number of nitrogens with one attached hydrogen (secondary N) is 1. The number of hydrogen-bond donors (Lipinski definition) is 3. The van der Waals surface area contributed by atoms with Crippen LogP contribution in [0.15, 0.2) is 30.3 Å². The molecule has 0 spiro atoms. The van der Waals surface area contributed by atoms with E-state index in [1.54, 1.807) is 0 Å². The molecule has 0 fully saturated rings. The Morgan fingerprint density at radius 1 is 1.30 bits per heavy atom. The van der Waals surface area contributed by atoms with Crippen LogP contribution in [0.1, 0.15) is 44.7 Å². The van der Waals surface area contributed by atoms with Gasteiger partial charge in [-0.15, -0.1) is 0 Å². The molecular formula is C16H26N2O2. The number of hydrogen-bond acceptors (Lipinski definition) is 3. The lowest BCUT2D eigenvalue weighted by molar-refractivity contribution is -0.122. The topological polar surface area (TPSA) is 75.4 Å². The van der Waals surface area contributed by atoms with E-state index in [1.165, 1.54) is 0 Å². The Bertz CT molecular complexity index is 404. The maximum atomic E-state index is 12.0. The summed E-state index contributed by atoms with van der Waals surface area (Å²) < 4.78 is 0. The summed E-state index contributed by atoms with van der Waals surface area (Å²) in [5.41, 5.74) is 6.56. The van der Waals surface area contributed by atoms with Gasteiger partial charge in [-0.25, -0.2) is 0 Å². The smallest absolute Gasteiger partial charge is 0.220 e. The molecule has 0 aliphatic rings. The molecule has 4 heteroatoms. The SMILES string of the molecule is CC(C)(CCN)CCC(=O)N[C@@H](CO)c1ccccc1. The van der Waals surface area contributed by atoms with Gasteiger partial charge in [-0.05, 0) is 30.4 Å². The van der Waals surface area contributed by atoms with Crippen LogP contribution in [0.25, 0.3) is 0 Å². The van der Waals surface area contributed by atoms with E-state index in [4.69, 9.17) is 5.73 Å². The van der Waals surface area contributed by atoms with Gasteiger partial charge in [0, 0.05) is 6.42 Å². The zero-order valence-corrected chi connectivity index (χ0v) is 12.4. The highest BCUT2D eigenvalue weighted by molar-refractivity contribution is 5.76. The van der Waals surface area contributed by atoms with Crippen molar-refractivity contribution in [3.05, 3.63) is 35.9 Å². The molecule has 1 atom stereocenters. The monoisotopic (exact) mass is 278 g/mol. The van der Waals surface area contributed by atoms with Crippen LogP contribution >= 0.6 is 0 Å². The second-order valence-corrected chi connectivity index (χ2v) is 5.92. The van der Waals surface area contributed by atoms with Crippen molar-refractivity contribution in [1.29, 1.82) is 0 Å².